The van der Waals surface area contributed by atoms with Gasteiger partial charge in [-0.1, -0.05) is 0 Å². The molecule has 0 spiro atoms. The zero-order valence-corrected chi connectivity index (χ0v) is 9.90. The van der Waals surface area contributed by atoms with E-state index in [0.29, 0.717) is 17.0 Å². The fourth-order valence-corrected chi connectivity index (χ4v) is 2.07. The molecule has 2 N–H and O–H groups in total. The molecule has 0 atom stereocenters. The number of alkyl halides is 3. The summed E-state index contributed by atoms with van der Waals surface area (Å²) in [6, 6.07) is 3.25. The van der Waals surface area contributed by atoms with Gasteiger partial charge in [0.1, 0.15) is 0 Å². The average molecular weight is 283 g/mol. The number of carboxylic acids is 1. The van der Waals surface area contributed by atoms with Gasteiger partial charge in [-0.15, -0.1) is 0 Å². The van der Waals surface area contributed by atoms with E-state index in [2.05, 4.69) is 9.97 Å². The Bertz CT molecular complexity index is 816. The molecule has 3 aromatic rings. The van der Waals surface area contributed by atoms with E-state index in [0.717, 1.165) is 12.1 Å². The van der Waals surface area contributed by atoms with E-state index >= 15 is 0 Å². The number of nitrogens with zero attached hydrogens (tertiary/aromatic N) is 2. The molecule has 0 saturated heterocycles. The number of imidazole rings is 2. The summed E-state index contributed by atoms with van der Waals surface area (Å²) in [7, 11) is 0. The highest BCUT2D eigenvalue weighted by molar-refractivity contribution is 5.81. The van der Waals surface area contributed by atoms with Crippen molar-refractivity contribution in [1.29, 1.82) is 0 Å². The summed E-state index contributed by atoms with van der Waals surface area (Å²) in [6.45, 7) is 0. The van der Waals surface area contributed by atoms with Crippen molar-refractivity contribution in [2.75, 3.05) is 0 Å². The second-order valence-corrected chi connectivity index (χ2v) is 4.36. The van der Waals surface area contributed by atoms with E-state index in [4.69, 9.17) is 5.11 Å². The second-order valence-electron chi connectivity index (χ2n) is 4.36. The highest BCUT2D eigenvalue weighted by atomic mass is 19.4. The van der Waals surface area contributed by atoms with Crippen LogP contribution in [-0.4, -0.2) is 25.4 Å². The third-order valence-corrected chi connectivity index (χ3v) is 2.92. The van der Waals surface area contributed by atoms with Crippen molar-refractivity contribution < 1.29 is 23.1 Å². The molecule has 0 aliphatic heterocycles. The van der Waals surface area contributed by atoms with Crippen molar-refractivity contribution in [3.05, 3.63) is 35.7 Å². The van der Waals surface area contributed by atoms with Crippen molar-refractivity contribution in [1.82, 2.24) is 14.4 Å². The summed E-state index contributed by atoms with van der Waals surface area (Å²) < 4.78 is 39.5. The molecule has 0 aliphatic carbocycles. The van der Waals surface area contributed by atoms with Crippen LogP contribution in [0.25, 0.3) is 16.8 Å². The van der Waals surface area contributed by atoms with Crippen LogP contribution in [0.4, 0.5) is 13.2 Å². The molecule has 0 aliphatic rings. The molecule has 0 radical (unpaired) electrons. The van der Waals surface area contributed by atoms with Crippen LogP contribution in [0.1, 0.15) is 11.3 Å². The van der Waals surface area contributed by atoms with Gasteiger partial charge in [-0.05, 0) is 18.2 Å². The van der Waals surface area contributed by atoms with Crippen molar-refractivity contribution in [2.24, 2.45) is 0 Å². The Hall–Kier alpha value is -2.51. The summed E-state index contributed by atoms with van der Waals surface area (Å²) in [6.07, 6.45) is -3.23. The number of carboxylic acid groups (broad SMARTS) is 1. The molecule has 0 amide bonds. The Labute approximate surface area is 109 Å². The lowest BCUT2D eigenvalue weighted by Gasteiger charge is -2.05. The first-order chi connectivity index (χ1) is 9.34. The minimum Gasteiger partial charge on any atom is -0.481 e. The number of benzene rings is 1. The number of rotatable bonds is 2. The summed E-state index contributed by atoms with van der Waals surface area (Å²) in [5.41, 5.74) is 0.293. The van der Waals surface area contributed by atoms with Gasteiger partial charge in [-0.3, -0.25) is 9.20 Å². The molecule has 0 bridgehead atoms. The Kier molecular flexibility index (Phi) is 2.50. The molecule has 20 heavy (non-hydrogen) atoms. The fraction of sp³-hybridized carbons (Fsp3) is 0.167. The standard InChI is InChI=1S/C12H8F3N3O2/c13-12(14,15)6-1-2-8-9(3-6)18-5-7(4-10(19)20)16-11(18)17-8/h1-3,5H,4H2,(H,16,17)(H,19,20). The number of aliphatic carboxylic acids is 1. The number of hydrogen-bond acceptors (Lipinski definition) is 2. The van der Waals surface area contributed by atoms with Gasteiger partial charge < -0.3 is 10.1 Å². The number of aromatic nitrogens is 3. The van der Waals surface area contributed by atoms with E-state index in [1.807, 2.05) is 0 Å². The average Bonchev–Trinajstić information content (AvgIpc) is 2.82. The van der Waals surface area contributed by atoms with E-state index in [-0.39, 0.29) is 11.9 Å². The van der Waals surface area contributed by atoms with Crippen LogP contribution >= 0.6 is 0 Å². The molecule has 0 unspecified atom stereocenters. The first kappa shape index (κ1) is 12.5. The SMILES string of the molecule is O=C(O)Cc1cn2c(nc3ccc(C(F)(F)F)cc32)[nH]1. The number of halogens is 3. The van der Waals surface area contributed by atoms with Crippen LogP contribution < -0.4 is 0 Å². The number of aromatic amines is 1. The lowest BCUT2D eigenvalue weighted by atomic mass is 10.2. The second kappa shape index (κ2) is 3.99. The van der Waals surface area contributed by atoms with Crippen molar-refractivity contribution in [2.45, 2.75) is 12.6 Å². The Morgan fingerprint density at radius 1 is 1.40 bits per heavy atom. The summed E-state index contributed by atoms with van der Waals surface area (Å²) in [5.74, 6) is -0.717. The highest BCUT2D eigenvalue weighted by Crippen LogP contribution is 2.31. The molecule has 104 valence electrons. The molecule has 3 rings (SSSR count). The molecule has 2 heterocycles. The summed E-state index contributed by atoms with van der Waals surface area (Å²) in [4.78, 5) is 17.5. The molecular weight excluding hydrogens is 275 g/mol. The summed E-state index contributed by atoms with van der Waals surface area (Å²) >= 11 is 0. The maximum absolute atomic E-state index is 12.7. The Morgan fingerprint density at radius 3 is 2.80 bits per heavy atom. The topological polar surface area (TPSA) is 70.4 Å². The molecule has 0 saturated carbocycles. The smallest absolute Gasteiger partial charge is 0.416 e. The minimum atomic E-state index is -4.43. The largest absolute Gasteiger partial charge is 0.481 e. The van der Waals surface area contributed by atoms with Gasteiger partial charge in [0.15, 0.2) is 0 Å². The van der Waals surface area contributed by atoms with Gasteiger partial charge in [-0.25, -0.2) is 4.98 Å². The molecule has 1 aromatic carbocycles. The zero-order valence-electron chi connectivity index (χ0n) is 9.90. The van der Waals surface area contributed by atoms with Crippen LogP contribution in [0.15, 0.2) is 24.4 Å². The van der Waals surface area contributed by atoms with Crippen molar-refractivity contribution >= 4 is 22.8 Å². The van der Waals surface area contributed by atoms with E-state index in [9.17, 15) is 18.0 Å². The number of H-pyrrole nitrogens is 1. The van der Waals surface area contributed by atoms with Gasteiger partial charge in [0, 0.05) is 11.9 Å². The maximum atomic E-state index is 12.7. The molecule has 0 fully saturated rings. The lowest BCUT2D eigenvalue weighted by molar-refractivity contribution is -0.138. The molecular formula is C12H8F3N3O2. The fourth-order valence-electron chi connectivity index (χ4n) is 2.07. The maximum Gasteiger partial charge on any atom is 0.416 e. The quantitative estimate of drug-likeness (QED) is 0.759. The first-order valence-corrected chi connectivity index (χ1v) is 5.63. The number of fused-ring (bicyclic) bond motifs is 3. The van der Waals surface area contributed by atoms with Gasteiger partial charge in [0.05, 0.1) is 23.0 Å². The van der Waals surface area contributed by atoms with Crippen LogP contribution in [-0.2, 0) is 17.4 Å². The van der Waals surface area contributed by atoms with E-state index < -0.39 is 17.7 Å². The predicted octanol–water partition coefficient (Wildman–Crippen LogP) is 2.46. The van der Waals surface area contributed by atoms with E-state index in [1.165, 1.54) is 16.7 Å². The number of nitrogens with one attached hydrogen (secondary N) is 1. The Balaban J connectivity index is 2.18. The minimum absolute atomic E-state index is 0.246. The van der Waals surface area contributed by atoms with Crippen LogP contribution in [0.2, 0.25) is 0 Å². The monoisotopic (exact) mass is 283 g/mol. The van der Waals surface area contributed by atoms with Crippen LogP contribution in [0, 0.1) is 0 Å². The van der Waals surface area contributed by atoms with Crippen molar-refractivity contribution in [3.63, 3.8) is 0 Å². The Morgan fingerprint density at radius 2 is 2.15 bits per heavy atom. The number of hydrogen-bond donors (Lipinski definition) is 2. The third kappa shape index (κ3) is 1.98. The number of carbonyl (C=O) groups is 1. The normalized spacial score (nSPS) is 12.3. The molecule has 8 heteroatoms. The van der Waals surface area contributed by atoms with Gasteiger partial charge in [0.2, 0.25) is 5.78 Å². The van der Waals surface area contributed by atoms with Gasteiger partial charge in [-0.2, -0.15) is 13.2 Å². The van der Waals surface area contributed by atoms with Crippen LogP contribution in [0.5, 0.6) is 0 Å². The molecule has 2 aromatic heterocycles. The highest BCUT2D eigenvalue weighted by Gasteiger charge is 2.31. The third-order valence-electron chi connectivity index (χ3n) is 2.92. The zero-order chi connectivity index (χ0) is 14.5. The predicted molar refractivity (Wildman–Crippen MR) is 63.4 cm³/mol. The molecule has 5 nitrogen and oxygen atoms in total. The van der Waals surface area contributed by atoms with Crippen molar-refractivity contribution in [3.8, 4) is 0 Å². The summed E-state index contributed by atoms with van der Waals surface area (Å²) in [5, 5.41) is 8.70. The lowest BCUT2D eigenvalue weighted by Crippen LogP contribution is -2.04. The van der Waals surface area contributed by atoms with Gasteiger partial charge in [0.25, 0.3) is 0 Å². The van der Waals surface area contributed by atoms with Crippen LogP contribution in [0.3, 0.4) is 0 Å². The van der Waals surface area contributed by atoms with E-state index in [1.54, 1.807) is 0 Å². The van der Waals surface area contributed by atoms with Gasteiger partial charge >= 0.3 is 12.1 Å². The first-order valence-electron chi connectivity index (χ1n) is 5.63.